The van der Waals surface area contributed by atoms with Gasteiger partial charge in [-0.15, -0.1) is 0 Å². The Morgan fingerprint density at radius 1 is 1.39 bits per heavy atom. The van der Waals surface area contributed by atoms with Crippen molar-refractivity contribution in [2.75, 3.05) is 19.5 Å². The van der Waals surface area contributed by atoms with Gasteiger partial charge in [0.05, 0.1) is 41.7 Å². The van der Waals surface area contributed by atoms with Crippen LogP contribution < -0.4 is 14.9 Å². The van der Waals surface area contributed by atoms with Crippen LogP contribution >= 0.6 is 23.4 Å². The lowest BCUT2D eigenvalue weighted by Gasteiger charge is -2.11. The van der Waals surface area contributed by atoms with Gasteiger partial charge in [-0.3, -0.25) is 4.79 Å². The van der Waals surface area contributed by atoms with E-state index in [4.69, 9.17) is 21.1 Å². The van der Waals surface area contributed by atoms with E-state index in [-0.39, 0.29) is 11.7 Å². The minimum Gasteiger partial charge on any atom is -0.493 e. The second-order valence-corrected chi connectivity index (χ2v) is 6.98. The number of benzene rings is 2. The van der Waals surface area contributed by atoms with Gasteiger partial charge in [-0.05, 0) is 36.8 Å². The van der Waals surface area contributed by atoms with E-state index in [1.54, 1.807) is 12.1 Å². The number of carbonyl (C=O) groups is 1. The normalized spacial score (nSPS) is 11.1. The minimum absolute atomic E-state index is 0.185. The highest BCUT2D eigenvalue weighted by Crippen LogP contribution is 2.35. The Morgan fingerprint density at radius 2 is 2.21 bits per heavy atom. The van der Waals surface area contributed by atoms with Gasteiger partial charge in [0.2, 0.25) is 0 Å². The van der Waals surface area contributed by atoms with Gasteiger partial charge in [-0.1, -0.05) is 35.5 Å². The number of para-hydroxylation sites is 2. The van der Waals surface area contributed by atoms with Gasteiger partial charge < -0.3 is 14.5 Å². The zero-order chi connectivity index (χ0) is 19.9. The predicted molar refractivity (Wildman–Crippen MR) is 112 cm³/mol. The van der Waals surface area contributed by atoms with Crippen molar-refractivity contribution in [2.24, 2.45) is 5.10 Å². The minimum atomic E-state index is -0.245. The molecule has 0 fully saturated rings. The van der Waals surface area contributed by atoms with Gasteiger partial charge in [0, 0.05) is 0 Å². The fourth-order valence-electron chi connectivity index (χ4n) is 2.44. The quantitative estimate of drug-likeness (QED) is 0.329. The van der Waals surface area contributed by atoms with E-state index in [9.17, 15) is 4.79 Å². The standard InChI is InChI=1S/C19H19ClN4O3S/c1-3-27-18-13(20)8-12(9-16(18)26-2)10-21-24-17(25)11-28-19-22-14-6-4-5-7-15(14)23-19/h4-10H,3,11H2,1-2H3,(H,22,23)(H,24,25)/b21-10-. The lowest BCUT2D eigenvalue weighted by molar-refractivity contribution is -0.118. The molecule has 1 aromatic heterocycles. The van der Waals surface area contributed by atoms with E-state index >= 15 is 0 Å². The number of halogens is 1. The Hall–Kier alpha value is -2.71. The van der Waals surface area contributed by atoms with E-state index in [1.807, 2.05) is 31.2 Å². The van der Waals surface area contributed by atoms with Crippen molar-refractivity contribution >= 4 is 46.5 Å². The summed E-state index contributed by atoms with van der Waals surface area (Å²) in [5.74, 6) is 0.924. The molecule has 0 atom stereocenters. The number of aromatic nitrogens is 2. The Morgan fingerprint density at radius 3 is 2.96 bits per heavy atom. The summed E-state index contributed by atoms with van der Waals surface area (Å²) in [6.45, 7) is 2.34. The Labute approximate surface area is 171 Å². The van der Waals surface area contributed by atoms with Crippen LogP contribution in [0.25, 0.3) is 11.0 Å². The van der Waals surface area contributed by atoms with Crippen LogP contribution in [-0.4, -0.2) is 41.6 Å². The summed E-state index contributed by atoms with van der Waals surface area (Å²) in [4.78, 5) is 19.6. The van der Waals surface area contributed by atoms with Crippen molar-refractivity contribution in [3.8, 4) is 11.5 Å². The van der Waals surface area contributed by atoms with E-state index in [1.165, 1.54) is 25.1 Å². The summed E-state index contributed by atoms with van der Waals surface area (Å²) >= 11 is 7.52. The molecule has 1 heterocycles. The summed E-state index contributed by atoms with van der Waals surface area (Å²) < 4.78 is 10.8. The molecule has 0 aliphatic heterocycles. The molecule has 0 radical (unpaired) electrons. The molecule has 9 heteroatoms. The molecule has 0 saturated heterocycles. The van der Waals surface area contributed by atoms with Crippen LogP contribution in [0.3, 0.4) is 0 Å². The fraction of sp³-hybridized carbons (Fsp3) is 0.211. The Bertz CT molecular complexity index is 973. The lowest BCUT2D eigenvalue weighted by Crippen LogP contribution is -2.19. The van der Waals surface area contributed by atoms with Gasteiger partial charge in [0.1, 0.15) is 0 Å². The summed E-state index contributed by atoms with van der Waals surface area (Å²) in [6.07, 6.45) is 1.49. The van der Waals surface area contributed by atoms with Crippen molar-refractivity contribution in [3.05, 3.63) is 47.0 Å². The van der Waals surface area contributed by atoms with Crippen molar-refractivity contribution in [1.29, 1.82) is 0 Å². The third-order valence-electron chi connectivity index (χ3n) is 3.65. The van der Waals surface area contributed by atoms with Gasteiger partial charge in [-0.25, -0.2) is 10.4 Å². The third-order valence-corrected chi connectivity index (χ3v) is 4.81. The number of amides is 1. The number of ether oxygens (including phenoxy) is 2. The highest BCUT2D eigenvalue weighted by molar-refractivity contribution is 7.99. The topological polar surface area (TPSA) is 88.6 Å². The summed E-state index contributed by atoms with van der Waals surface area (Å²) in [5, 5.41) is 5.06. The van der Waals surface area contributed by atoms with Crippen LogP contribution in [0.1, 0.15) is 12.5 Å². The van der Waals surface area contributed by atoms with Crippen LogP contribution in [-0.2, 0) is 4.79 Å². The molecule has 7 nitrogen and oxygen atoms in total. The first kappa shape index (κ1) is 20.0. The molecule has 28 heavy (non-hydrogen) atoms. The van der Waals surface area contributed by atoms with Gasteiger partial charge in [0.25, 0.3) is 5.91 Å². The van der Waals surface area contributed by atoms with Crippen molar-refractivity contribution in [1.82, 2.24) is 15.4 Å². The van der Waals surface area contributed by atoms with E-state index < -0.39 is 0 Å². The number of fused-ring (bicyclic) bond motifs is 1. The number of methoxy groups -OCH3 is 1. The average molecular weight is 419 g/mol. The number of H-pyrrole nitrogens is 1. The molecule has 0 bridgehead atoms. The number of thioether (sulfide) groups is 1. The smallest absolute Gasteiger partial charge is 0.250 e. The molecule has 0 aliphatic rings. The van der Waals surface area contributed by atoms with Crippen molar-refractivity contribution in [3.63, 3.8) is 0 Å². The summed E-state index contributed by atoms with van der Waals surface area (Å²) in [5.41, 5.74) is 4.96. The van der Waals surface area contributed by atoms with Gasteiger partial charge in [0.15, 0.2) is 16.7 Å². The fourth-order valence-corrected chi connectivity index (χ4v) is 3.39. The number of nitrogens with one attached hydrogen (secondary N) is 2. The molecule has 3 aromatic rings. The average Bonchev–Trinajstić information content (AvgIpc) is 3.11. The second-order valence-electron chi connectivity index (χ2n) is 5.61. The maximum absolute atomic E-state index is 12.0. The first-order valence-electron chi connectivity index (χ1n) is 8.50. The highest BCUT2D eigenvalue weighted by atomic mass is 35.5. The van der Waals surface area contributed by atoms with E-state index in [2.05, 4.69) is 20.5 Å². The molecule has 2 aromatic carbocycles. The molecule has 0 saturated carbocycles. The third kappa shape index (κ3) is 4.96. The summed E-state index contributed by atoms with van der Waals surface area (Å²) in [7, 11) is 1.53. The molecule has 3 rings (SSSR count). The van der Waals surface area contributed by atoms with Gasteiger partial charge in [-0.2, -0.15) is 5.10 Å². The van der Waals surface area contributed by atoms with Gasteiger partial charge >= 0.3 is 0 Å². The SMILES string of the molecule is CCOc1c(Cl)cc(/C=N\NC(=O)CSc2nc3ccccc3[nH]2)cc1OC. The predicted octanol–water partition coefficient (Wildman–Crippen LogP) is 3.87. The summed E-state index contributed by atoms with van der Waals surface area (Å²) in [6, 6.07) is 11.1. The maximum atomic E-state index is 12.0. The molecule has 0 spiro atoms. The molecular formula is C19H19ClN4O3S. The first-order valence-corrected chi connectivity index (χ1v) is 9.87. The van der Waals surface area contributed by atoms with E-state index in [0.29, 0.717) is 33.8 Å². The molecule has 146 valence electrons. The molecule has 2 N–H and O–H groups in total. The first-order chi connectivity index (χ1) is 13.6. The molecule has 0 unspecified atom stereocenters. The monoisotopic (exact) mass is 418 g/mol. The number of carbonyl (C=O) groups excluding carboxylic acids is 1. The largest absolute Gasteiger partial charge is 0.493 e. The lowest BCUT2D eigenvalue weighted by atomic mass is 10.2. The van der Waals surface area contributed by atoms with Crippen LogP contribution in [0.2, 0.25) is 5.02 Å². The number of rotatable bonds is 8. The van der Waals surface area contributed by atoms with Crippen LogP contribution in [0.4, 0.5) is 0 Å². The Kier molecular flexibility index (Phi) is 6.78. The molecule has 1 amide bonds. The zero-order valence-electron chi connectivity index (χ0n) is 15.4. The highest BCUT2D eigenvalue weighted by Gasteiger charge is 2.11. The number of imidazole rings is 1. The number of hydrogen-bond donors (Lipinski definition) is 2. The number of nitrogens with zero attached hydrogens (tertiary/aromatic N) is 2. The molecule has 0 aliphatic carbocycles. The van der Waals surface area contributed by atoms with E-state index in [0.717, 1.165) is 11.0 Å². The van der Waals surface area contributed by atoms with Crippen molar-refractivity contribution < 1.29 is 14.3 Å². The second kappa shape index (κ2) is 9.48. The maximum Gasteiger partial charge on any atom is 0.250 e. The van der Waals surface area contributed by atoms with Crippen molar-refractivity contribution in [2.45, 2.75) is 12.1 Å². The number of hydrazone groups is 1. The van der Waals surface area contributed by atoms with Crippen LogP contribution in [0, 0.1) is 0 Å². The number of hydrogen-bond acceptors (Lipinski definition) is 6. The Balaban J connectivity index is 1.56. The zero-order valence-corrected chi connectivity index (χ0v) is 16.9. The van der Waals surface area contributed by atoms with Crippen LogP contribution in [0.15, 0.2) is 46.7 Å². The van der Waals surface area contributed by atoms with Crippen LogP contribution in [0.5, 0.6) is 11.5 Å². The molecular weight excluding hydrogens is 400 g/mol. The number of aromatic amines is 1.